The van der Waals surface area contributed by atoms with Gasteiger partial charge in [-0.15, -0.1) is 0 Å². The molecule has 0 spiro atoms. The molecule has 2 aliphatic rings. The number of aromatic nitrogens is 1. The van der Waals surface area contributed by atoms with Crippen LogP contribution in [0.25, 0.3) is 0 Å². The minimum Gasteiger partial charge on any atom is -0.371 e. The molecule has 1 aromatic carbocycles. The summed E-state index contributed by atoms with van der Waals surface area (Å²) in [5, 5.41) is 11.3. The molecule has 1 unspecified atom stereocenters. The van der Waals surface area contributed by atoms with Gasteiger partial charge >= 0.3 is 0 Å². The fraction of sp³-hybridized carbons (Fsp3) is 0.538. The summed E-state index contributed by atoms with van der Waals surface area (Å²) >= 11 is 0. The molecule has 32 heavy (non-hydrogen) atoms. The fourth-order valence-corrected chi connectivity index (χ4v) is 5.36. The van der Waals surface area contributed by atoms with Gasteiger partial charge in [0.2, 0.25) is 0 Å². The zero-order valence-corrected chi connectivity index (χ0v) is 19.3. The highest BCUT2D eigenvalue weighted by Gasteiger charge is 2.47. The Labute approximate surface area is 191 Å². The van der Waals surface area contributed by atoms with Gasteiger partial charge in [0, 0.05) is 18.9 Å². The zero-order chi connectivity index (χ0) is 22.6. The van der Waals surface area contributed by atoms with Crippen molar-refractivity contribution in [3.8, 4) is 0 Å². The van der Waals surface area contributed by atoms with E-state index in [1.165, 1.54) is 30.5 Å². The van der Waals surface area contributed by atoms with Crippen LogP contribution in [0.4, 0.5) is 4.39 Å². The van der Waals surface area contributed by atoms with Gasteiger partial charge < -0.3 is 14.9 Å². The average Bonchev–Trinajstić information content (AvgIpc) is 3.06. The lowest BCUT2D eigenvalue weighted by Crippen LogP contribution is -2.46. The number of aliphatic hydroxyl groups is 1. The normalized spacial score (nSPS) is 24.7. The van der Waals surface area contributed by atoms with E-state index in [4.69, 9.17) is 4.99 Å². The van der Waals surface area contributed by atoms with Crippen LogP contribution in [0, 0.1) is 5.82 Å². The molecule has 2 atom stereocenters. The molecule has 3 heterocycles. The lowest BCUT2D eigenvalue weighted by molar-refractivity contribution is -0.00263. The number of hydrogen-bond donors (Lipinski definition) is 1. The van der Waals surface area contributed by atoms with Gasteiger partial charge in [-0.25, -0.2) is 4.39 Å². The number of likely N-dealkylation sites (tertiary alicyclic amines) is 1. The third-order valence-electron chi connectivity index (χ3n) is 7.09. The van der Waals surface area contributed by atoms with E-state index >= 15 is 0 Å². The quantitative estimate of drug-likeness (QED) is 0.658. The van der Waals surface area contributed by atoms with Gasteiger partial charge in [0.15, 0.2) is 6.23 Å². The van der Waals surface area contributed by atoms with Gasteiger partial charge in [-0.2, -0.15) is 0 Å². The number of pyridine rings is 1. The number of aliphatic imine (C=N–C) groups is 1. The van der Waals surface area contributed by atoms with Crippen LogP contribution in [0.5, 0.6) is 0 Å². The molecule has 0 aliphatic carbocycles. The molecule has 1 fully saturated rings. The summed E-state index contributed by atoms with van der Waals surface area (Å²) in [5.74, 6) is 1.21. The average molecular weight is 439 g/mol. The van der Waals surface area contributed by atoms with Crippen molar-refractivity contribution in [1.29, 1.82) is 0 Å². The number of nitrogens with zero attached hydrogens (tertiary/aromatic N) is 4. The number of benzene rings is 1. The van der Waals surface area contributed by atoms with Gasteiger partial charge in [-0.3, -0.25) is 9.98 Å². The van der Waals surface area contributed by atoms with Gasteiger partial charge in [0.05, 0.1) is 5.84 Å². The maximum Gasteiger partial charge on any atom is 0.157 e. The van der Waals surface area contributed by atoms with E-state index in [2.05, 4.69) is 22.9 Å². The van der Waals surface area contributed by atoms with Crippen LogP contribution in [0.3, 0.4) is 0 Å². The summed E-state index contributed by atoms with van der Waals surface area (Å²) in [4.78, 5) is 13.8. The molecule has 6 heteroatoms. The third-order valence-corrected chi connectivity index (χ3v) is 7.09. The topological polar surface area (TPSA) is 52.0 Å². The number of rotatable bonds is 8. The summed E-state index contributed by atoms with van der Waals surface area (Å²) < 4.78 is 13.5. The van der Waals surface area contributed by atoms with E-state index in [9.17, 15) is 9.50 Å². The molecule has 4 rings (SSSR count). The van der Waals surface area contributed by atoms with Gasteiger partial charge in [0.25, 0.3) is 0 Å². The lowest BCUT2D eigenvalue weighted by Gasteiger charge is -2.35. The second-order valence-corrected chi connectivity index (χ2v) is 9.16. The molecular weight excluding hydrogens is 403 g/mol. The predicted octanol–water partition coefficient (Wildman–Crippen LogP) is 4.54. The summed E-state index contributed by atoms with van der Waals surface area (Å²) in [7, 11) is 0. The monoisotopic (exact) mass is 438 g/mol. The molecule has 5 nitrogen and oxygen atoms in total. The van der Waals surface area contributed by atoms with Crippen LogP contribution in [0.2, 0.25) is 0 Å². The predicted molar refractivity (Wildman–Crippen MR) is 126 cm³/mol. The first-order valence-electron chi connectivity index (χ1n) is 11.9. The first-order chi connectivity index (χ1) is 15.5. The molecule has 1 N–H and O–H groups in total. The van der Waals surface area contributed by atoms with Crippen molar-refractivity contribution >= 4 is 5.84 Å². The summed E-state index contributed by atoms with van der Waals surface area (Å²) in [6.45, 7) is 8.07. The number of hydrogen-bond acceptors (Lipinski definition) is 5. The molecular formula is C26H35FN4O. The Kier molecular flexibility index (Phi) is 7.21. The molecule has 1 aromatic heterocycles. The third kappa shape index (κ3) is 4.71. The number of amidine groups is 1. The molecule has 0 amide bonds. The molecule has 2 aliphatic heterocycles. The molecule has 0 saturated carbocycles. The Bertz CT molecular complexity index is 896. The van der Waals surface area contributed by atoms with Crippen molar-refractivity contribution in [3.05, 3.63) is 65.7 Å². The van der Waals surface area contributed by atoms with Crippen LogP contribution in [0.15, 0.2) is 53.8 Å². The summed E-state index contributed by atoms with van der Waals surface area (Å²) in [5.41, 5.74) is 1.52. The summed E-state index contributed by atoms with van der Waals surface area (Å²) in [6, 6.07) is 10.7. The van der Waals surface area contributed by atoms with E-state index < -0.39 is 11.8 Å². The summed E-state index contributed by atoms with van der Waals surface area (Å²) in [6.07, 6.45) is 8.06. The number of aliphatic hydroxyl groups excluding tert-OH is 1. The highest BCUT2D eigenvalue weighted by molar-refractivity contribution is 5.82. The Morgan fingerprint density at radius 3 is 2.53 bits per heavy atom. The van der Waals surface area contributed by atoms with Gasteiger partial charge in [0.1, 0.15) is 11.4 Å². The van der Waals surface area contributed by atoms with Crippen molar-refractivity contribution in [2.24, 2.45) is 4.99 Å². The van der Waals surface area contributed by atoms with Crippen molar-refractivity contribution in [1.82, 2.24) is 14.8 Å². The Hall–Kier alpha value is -2.31. The lowest BCUT2D eigenvalue weighted by atomic mass is 9.84. The minimum absolute atomic E-state index is 0.266. The van der Waals surface area contributed by atoms with E-state index in [-0.39, 0.29) is 5.82 Å². The van der Waals surface area contributed by atoms with E-state index in [0.29, 0.717) is 5.92 Å². The standard InChI is InChI=1S/C26H35FN4O/c1-3-13-26(23-7-9-24(27)10-8-23)25(32)31(20(2)29-26)16-5-15-30-17-11-21(12-18-30)22-6-4-14-28-19-22/h4,6-10,14,19,21,25,32H,3,5,11-13,15-18H2,1-2H3/t25?,26-/m0/s1. The second kappa shape index (κ2) is 10.1. The minimum atomic E-state index is -0.718. The fourth-order valence-electron chi connectivity index (χ4n) is 5.36. The van der Waals surface area contributed by atoms with Crippen LogP contribution < -0.4 is 0 Å². The van der Waals surface area contributed by atoms with Crippen LogP contribution in [-0.2, 0) is 5.54 Å². The molecule has 172 valence electrons. The van der Waals surface area contributed by atoms with Crippen molar-refractivity contribution < 1.29 is 9.50 Å². The van der Waals surface area contributed by atoms with Crippen molar-refractivity contribution in [3.63, 3.8) is 0 Å². The maximum atomic E-state index is 13.5. The van der Waals surface area contributed by atoms with Crippen LogP contribution >= 0.6 is 0 Å². The molecule has 0 radical (unpaired) electrons. The van der Waals surface area contributed by atoms with E-state index in [1.807, 2.05) is 30.3 Å². The van der Waals surface area contributed by atoms with Gasteiger partial charge in [-0.05, 0) is 87.5 Å². The zero-order valence-electron chi connectivity index (χ0n) is 19.3. The van der Waals surface area contributed by atoms with Crippen LogP contribution in [0.1, 0.15) is 63.0 Å². The second-order valence-electron chi connectivity index (χ2n) is 9.16. The van der Waals surface area contributed by atoms with Gasteiger partial charge in [-0.1, -0.05) is 31.5 Å². The number of halogens is 1. The largest absolute Gasteiger partial charge is 0.371 e. The first-order valence-corrected chi connectivity index (χ1v) is 11.9. The molecule has 1 saturated heterocycles. The Morgan fingerprint density at radius 1 is 1.12 bits per heavy atom. The highest BCUT2D eigenvalue weighted by atomic mass is 19.1. The van der Waals surface area contributed by atoms with Crippen molar-refractivity contribution in [2.75, 3.05) is 26.2 Å². The van der Waals surface area contributed by atoms with Crippen molar-refractivity contribution in [2.45, 2.75) is 63.6 Å². The highest BCUT2D eigenvalue weighted by Crippen LogP contribution is 2.41. The molecule has 0 bridgehead atoms. The molecule has 2 aromatic rings. The number of piperidine rings is 1. The first kappa shape index (κ1) is 22.9. The van der Waals surface area contributed by atoms with Crippen LogP contribution in [-0.4, -0.2) is 58.1 Å². The Morgan fingerprint density at radius 2 is 1.88 bits per heavy atom. The Balaban J connectivity index is 1.32. The van der Waals surface area contributed by atoms with E-state index in [1.54, 1.807) is 12.1 Å². The smallest absolute Gasteiger partial charge is 0.157 e. The van der Waals surface area contributed by atoms with E-state index in [0.717, 1.165) is 56.8 Å². The SMILES string of the molecule is CCC[C@@]1(c2ccc(F)cc2)N=C(C)N(CCCN2CCC(c3cccnc3)CC2)C1O. The maximum absolute atomic E-state index is 13.5.